The molecule has 1 aromatic carbocycles. The SMILES string of the molecule is COC(CN(C)c1ccc(Br)c(F)c1)OC. The Morgan fingerprint density at radius 1 is 1.38 bits per heavy atom. The third kappa shape index (κ3) is 3.43. The van der Waals surface area contributed by atoms with Crippen LogP contribution < -0.4 is 4.90 Å². The van der Waals surface area contributed by atoms with Gasteiger partial charge >= 0.3 is 0 Å². The first-order valence-electron chi connectivity index (χ1n) is 4.80. The monoisotopic (exact) mass is 291 g/mol. The van der Waals surface area contributed by atoms with Crippen molar-refractivity contribution in [3.8, 4) is 0 Å². The molecule has 0 saturated carbocycles. The highest BCUT2D eigenvalue weighted by Crippen LogP contribution is 2.21. The highest BCUT2D eigenvalue weighted by Gasteiger charge is 2.11. The third-order valence-electron chi connectivity index (χ3n) is 2.29. The predicted molar refractivity (Wildman–Crippen MR) is 65.2 cm³/mol. The van der Waals surface area contributed by atoms with Gasteiger partial charge in [0.05, 0.1) is 11.0 Å². The molecule has 0 bridgehead atoms. The second-order valence-corrected chi connectivity index (χ2v) is 4.23. The van der Waals surface area contributed by atoms with E-state index in [-0.39, 0.29) is 12.1 Å². The van der Waals surface area contributed by atoms with Crippen LogP contribution >= 0.6 is 15.9 Å². The van der Waals surface area contributed by atoms with Crippen molar-refractivity contribution in [3.63, 3.8) is 0 Å². The molecule has 0 radical (unpaired) electrons. The number of ether oxygens (including phenoxy) is 2. The maximum Gasteiger partial charge on any atom is 0.174 e. The van der Waals surface area contributed by atoms with E-state index in [2.05, 4.69) is 15.9 Å². The number of methoxy groups -OCH3 is 2. The standard InChI is InChI=1S/C11H15BrFNO2/c1-14(7-11(15-2)16-3)8-4-5-9(12)10(13)6-8/h4-6,11H,7H2,1-3H3. The number of anilines is 1. The van der Waals surface area contributed by atoms with E-state index < -0.39 is 0 Å². The van der Waals surface area contributed by atoms with Gasteiger partial charge in [0.2, 0.25) is 0 Å². The summed E-state index contributed by atoms with van der Waals surface area (Å²) in [6.45, 7) is 0.536. The minimum atomic E-state index is -0.322. The van der Waals surface area contributed by atoms with Crippen molar-refractivity contribution in [3.05, 3.63) is 28.5 Å². The van der Waals surface area contributed by atoms with E-state index in [1.54, 1.807) is 20.3 Å². The minimum absolute atomic E-state index is 0.282. The average Bonchev–Trinajstić information content (AvgIpc) is 2.29. The van der Waals surface area contributed by atoms with Gasteiger partial charge in [-0.15, -0.1) is 0 Å². The van der Waals surface area contributed by atoms with E-state index in [4.69, 9.17) is 9.47 Å². The Hall–Kier alpha value is -0.650. The first-order chi connectivity index (χ1) is 7.58. The van der Waals surface area contributed by atoms with Crippen molar-refractivity contribution < 1.29 is 13.9 Å². The molecule has 0 aliphatic carbocycles. The molecule has 3 nitrogen and oxygen atoms in total. The molecule has 0 atom stereocenters. The van der Waals surface area contributed by atoms with Gasteiger partial charge in [0.1, 0.15) is 5.82 Å². The lowest BCUT2D eigenvalue weighted by molar-refractivity contribution is -0.0944. The van der Waals surface area contributed by atoms with E-state index in [9.17, 15) is 4.39 Å². The Morgan fingerprint density at radius 3 is 2.50 bits per heavy atom. The molecule has 0 saturated heterocycles. The molecular formula is C11H15BrFNO2. The number of hydrogen-bond acceptors (Lipinski definition) is 3. The number of nitrogens with zero attached hydrogens (tertiary/aromatic N) is 1. The molecule has 0 N–H and O–H groups in total. The fourth-order valence-electron chi connectivity index (χ4n) is 1.30. The van der Waals surface area contributed by atoms with E-state index in [1.807, 2.05) is 18.0 Å². The smallest absolute Gasteiger partial charge is 0.174 e. The summed E-state index contributed by atoms with van der Waals surface area (Å²) in [6.07, 6.45) is -0.322. The predicted octanol–water partition coefficient (Wildman–Crippen LogP) is 2.64. The van der Waals surface area contributed by atoms with E-state index >= 15 is 0 Å². The average molecular weight is 292 g/mol. The summed E-state index contributed by atoms with van der Waals surface area (Å²) >= 11 is 3.11. The molecule has 0 aliphatic heterocycles. The van der Waals surface area contributed by atoms with E-state index in [0.717, 1.165) is 5.69 Å². The fourth-order valence-corrected chi connectivity index (χ4v) is 1.54. The van der Waals surface area contributed by atoms with Gasteiger partial charge in [0, 0.05) is 27.0 Å². The lowest BCUT2D eigenvalue weighted by atomic mass is 10.3. The van der Waals surface area contributed by atoms with Crippen LogP contribution in [0.15, 0.2) is 22.7 Å². The van der Waals surface area contributed by atoms with Gasteiger partial charge in [-0.25, -0.2) is 4.39 Å². The molecule has 1 aromatic rings. The molecule has 0 fully saturated rings. The Labute approximate surface area is 103 Å². The van der Waals surface area contributed by atoms with Crippen LogP contribution in [0.25, 0.3) is 0 Å². The summed E-state index contributed by atoms with van der Waals surface area (Å²) in [5, 5.41) is 0. The molecule has 0 aliphatic rings. The lowest BCUT2D eigenvalue weighted by Gasteiger charge is -2.24. The number of likely N-dealkylation sites (N-methyl/N-ethyl adjacent to an activating group) is 1. The summed E-state index contributed by atoms with van der Waals surface area (Å²) in [5.74, 6) is -0.282. The molecule has 0 aromatic heterocycles. The van der Waals surface area contributed by atoms with Gasteiger partial charge in [0.15, 0.2) is 6.29 Å². The van der Waals surface area contributed by atoms with E-state index in [0.29, 0.717) is 11.0 Å². The Morgan fingerprint density at radius 2 is 2.00 bits per heavy atom. The van der Waals surface area contributed by atoms with Crippen LogP contribution in [0.2, 0.25) is 0 Å². The first kappa shape index (κ1) is 13.4. The quantitative estimate of drug-likeness (QED) is 0.779. The minimum Gasteiger partial charge on any atom is -0.369 e. The Balaban J connectivity index is 2.72. The van der Waals surface area contributed by atoms with E-state index in [1.165, 1.54) is 6.07 Å². The molecule has 16 heavy (non-hydrogen) atoms. The van der Waals surface area contributed by atoms with Crippen molar-refractivity contribution in [2.24, 2.45) is 0 Å². The van der Waals surface area contributed by atoms with Crippen molar-refractivity contribution >= 4 is 21.6 Å². The summed E-state index contributed by atoms with van der Waals surface area (Å²) in [6, 6.07) is 4.97. The van der Waals surface area contributed by atoms with Gasteiger partial charge in [-0.2, -0.15) is 0 Å². The zero-order valence-corrected chi connectivity index (χ0v) is 11.1. The maximum atomic E-state index is 13.3. The molecule has 90 valence electrons. The fraction of sp³-hybridized carbons (Fsp3) is 0.455. The zero-order valence-electron chi connectivity index (χ0n) is 9.54. The number of halogens is 2. The van der Waals surface area contributed by atoms with Crippen LogP contribution in [0.3, 0.4) is 0 Å². The highest BCUT2D eigenvalue weighted by molar-refractivity contribution is 9.10. The summed E-state index contributed by atoms with van der Waals surface area (Å²) in [7, 11) is 5.00. The second-order valence-electron chi connectivity index (χ2n) is 3.38. The summed E-state index contributed by atoms with van der Waals surface area (Å²) in [4.78, 5) is 1.87. The summed E-state index contributed by atoms with van der Waals surface area (Å²) < 4.78 is 23.9. The lowest BCUT2D eigenvalue weighted by Crippen LogP contribution is -2.31. The van der Waals surface area contributed by atoms with Crippen LogP contribution in [-0.2, 0) is 9.47 Å². The maximum absolute atomic E-state index is 13.3. The van der Waals surface area contributed by atoms with Crippen LogP contribution in [0.5, 0.6) is 0 Å². The highest BCUT2D eigenvalue weighted by atomic mass is 79.9. The molecule has 0 unspecified atom stereocenters. The molecular weight excluding hydrogens is 277 g/mol. The van der Waals surface area contributed by atoms with Crippen LogP contribution in [0.4, 0.5) is 10.1 Å². The topological polar surface area (TPSA) is 21.7 Å². The van der Waals surface area contributed by atoms with Gasteiger partial charge in [0.25, 0.3) is 0 Å². The molecule has 0 spiro atoms. The van der Waals surface area contributed by atoms with Gasteiger partial charge < -0.3 is 14.4 Å². The third-order valence-corrected chi connectivity index (χ3v) is 2.94. The van der Waals surface area contributed by atoms with Crippen molar-refractivity contribution in [1.82, 2.24) is 0 Å². The van der Waals surface area contributed by atoms with Crippen LogP contribution in [0, 0.1) is 5.82 Å². The van der Waals surface area contributed by atoms with Gasteiger partial charge in [-0.1, -0.05) is 0 Å². The molecule has 1 rings (SSSR count). The summed E-state index contributed by atoms with van der Waals surface area (Å²) in [5.41, 5.74) is 0.778. The molecule has 5 heteroatoms. The molecule has 0 heterocycles. The number of rotatable bonds is 5. The first-order valence-corrected chi connectivity index (χ1v) is 5.59. The second kappa shape index (κ2) is 6.18. The van der Waals surface area contributed by atoms with Crippen LogP contribution in [-0.4, -0.2) is 34.1 Å². The zero-order chi connectivity index (χ0) is 12.1. The normalized spacial score (nSPS) is 10.9. The molecule has 0 amide bonds. The van der Waals surface area contributed by atoms with Crippen LogP contribution in [0.1, 0.15) is 0 Å². The largest absolute Gasteiger partial charge is 0.369 e. The van der Waals surface area contributed by atoms with Gasteiger partial charge in [-0.3, -0.25) is 0 Å². The Bertz CT molecular complexity index is 345. The van der Waals surface area contributed by atoms with Crippen molar-refractivity contribution in [2.45, 2.75) is 6.29 Å². The number of hydrogen-bond donors (Lipinski definition) is 0. The van der Waals surface area contributed by atoms with Crippen molar-refractivity contribution in [2.75, 3.05) is 32.7 Å². The number of benzene rings is 1. The van der Waals surface area contributed by atoms with Gasteiger partial charge in [-0.05, 0) is 34.1 Å². The Kier molecular flexibility index (Phi) is 5.18. The van der Waals surface area contributed by atoms with Crippen molar-refractivity contribution in [1.29, 1.82) is 0 Å².